The largest absolute Gasteiger partial charge is 0.254 e. The van der Waals surface area contributed by atoms with E-state index in [-0.39, 0.29) is 8.68 Å². The Kier molecular flexibility index (Phi) is 4.69. The van der Waals surface area contributed by atoms with Crippen LogP contribution in [0.1, 0.15) is 10.6 Å². The van der Waals surface area contributed by atoms with Crippen molar-refractivity contribution in [3.8, 4) is 0 Å². The van der Waals surface area contributed by atoms with Crippen molar-refractivity contribution in [2.75, 3.05) is 7.05 Å². The Bertz CT molecular complexity index is 695. The van der Waals surface area contributed by atoms with Gasteiger partial charge in [0, 0.05) is 28.3 Å². The van der Waals surface area contributed by atoms with E-state index in [1.165, 1.54) is 15.6 Å². The van der Waals surface area contributed by atoms with Crippen molar-refractivity contribution in [3.05, 3.63) is 31.0 Å². The van der Waals surface area contributed by atoms with Crippen LogP contribution < -0.4 is 0 Å². The molecule has 2 heterocycles. The van der Waals surface area contributed by atoms with E-state index in [9.17, 15) is 8.42 Å². The number of thiazole rings is 1. The lowest BCUT2D eigenvalue weighted by molar-refractivity contribution is 0.471. The summed E-state index contributed by atoms with van der Waals surface area (Å²) >= 11 is 11.6. The van der Waals surface area contributed by atoms with Crippen LogP contribution in [0.5, 0.6) is 0 Å². The first-order valence-electron chi connectivity index (χ1n) is 5.13. The number of rotatable bonds is 4. The second kappa shape index (κ2) is 5.79. The van der Waals surface area contributed by atoms with Crippen LogP contribution >= 0.6 is 50.2 Å². The van der Waals surface area contributed by atoms with Gasteiger partial charge in [-0.1, -0.05) is 22.9 Å². The van der Waals surface area contributed by atoms with E-state index in [4.69, 9.17) is 11.6 Å². The summed E-state index contributed by atoms with van der Waals surface area (Å²) in [5.41, 5.74) is 0.439. The highest BCUT2D eigenvalue weighted by Crippen LogP contribution is 2.30. The fourth-order valence-electron chi connectivity index (χ4n) is 1.47. The van der Waals surface area contributed by atoms with Crippen molar-refractivity contribution < 1.29 is 8.42 Å². The number of hydrogen-bond acceptors (Lipinski definition) is 5. The van der Waals surface area contributed by atoms with Crippen molar-refractivity contribution in [3.63, 3.8) is 0 Å². The Hall–Kier alpha value is 0.01000. The molecule has 0 fully saturated rings. The summed E-state index contributed by atoms with van der Waals surface area (Å²) in [6.45, 7) is 1.97. The molecule has 0 aliphatic rings. The molecule has 9 heteroatoms. The summed E-state index contributed by atoms with van der Waals surface area (Å²) in [6.07, 6.45) is 0. The molecule has 104 valence electrons. The van der Waals surface area contributed by atoms with Crippen LogP contribution in [0, 0.1) is 6.92 Å². The quantitative estimate of drug-likeness (QED) is 0.784. The maximum absolute atomic E-state index is 12.4. The van der Waals surface area contributed by atoms with Crippen LogP contribution in [0.25, 0.3) is 0 Å². The van der Waals surface area contributed by atoms with E-state index < -0.39 is 10.0 Å². The molecule has 0 saturated heterocycles. The third kappa shape index (κ3) is 3.37. The van der Waals surface area contributed by atoms with Gasteiger partial charge in [0.25, 0.3) is 10.0 Å². The van der Waals surface area contributed by atoms with Crippen LogP contribution in [0.15, 0.2) is 20.1 Å². The van der Waals surface area contributed by atoms with Gasteiger partial charge in [0.2, 0.25) is 0 Å². The molecule has 0 aromatic carbocycles. The lowest BCUT2D eigenvalue weighted by Crippen LogP contribution is -2.26. The molecule has 0 saturated carbocycles. The van der Waals surface area contributed by atoms with Crippen LogP contribution in [-0.2, 0) is 16.6 Å². The predicted octanol–water partition coefficient (Wildman–Crippen LogP) is 3.75. The van der Waals surface area contributed by atoms with Crippen LogP contribution in [-0.4, -0.2) is 24.8 Å². The molecule has 0 aliphatic carbocycles. The zero-order valence-electron chi connectivity index (χ0n) is 10.1. The molecule has 0 radical (unpaired) electrons. The van der Waals surface area contributed by atoms with E-state index in [1.54, 1.807) is 14.0 Å². The second-order valence-corrected chi connectivity index (χ2v) is 9.56. The molecule has 0 unspecified atom stereocenters. The first-order valence-corrected chi connectivity index (χ1v) is 9.43. The normalized spacial score (nSPS) is 12.3. The summed E-state index contributed by atoms with van der Waals surface area (Å²) in [6, 6.07) is 1.91. The first kappa shape index (κ1) is 15.4. The minimum atomic E-state index is -3.54. The maximum atomic E-state index is 12.4. The van der Waals surface area contributed by atoms with Gasteiger partial charge in [-0.2, -0.15) is 4.31 Å². The summed E-state index contributed by atoms with van der Waals surface area (Å²) in [5, 5.41) is 1.92. The van der Waals surface area contributed by atoms with Gasteiger partial charge in [-0.05, 0) is 28.9 Å². The number of halogens is 2. The van der Waals surface area contributed by atoms with E-state index in [2.05, 4.69) is 20.9 Å². The van der Waals surface area contributed by atoms with Gasteiger partial charge < -0.3 is 0 Å². The number of sulfonamides is 1. The Morgan fingerprint density at radius 3 is 2.68 bits per heavy atom. The van der Waals surface area contributed by atoms with Crippen molar-refractivity contribution in [1.82, 2.24) is 9.29 Å². The molecular formula is C10H10BrClN2O2S3. The van der Waals surface area contributed by atoms with Crippen LogP contribution in [0.4, 0.5) is 0 Å². The third-order valence-electron chi connectivity index (χ3n) is 2.37. The van der Waals surface area contributed by atoms with Gasteiger partial charge in [0.1, 0.15) is 0 Å². The van der Waals surface area contributed by atoms with E-state index in [1.807, 2.05) is 11.4 Å². The molecule has 0 spiro atoms. The maximum Gasteiger partial charge on any atom is 0.254 e. The van der Waals surface area contributed by atoms with Crippen LogP contribution in [0.2, 0.25) is 4.47 Å². The minimum Gasteiger partial charge on any atom is -0.229 e. The monoisotopic (exact) mass is 400 g/mol. The van der Waals surface area contributed by atoms with E-state index in [0.29, 0.717) is 12.2 Å². The number of hydrogen-bond donors (Lipinski definition) is 0. The standard InChI is InChI=1S/C10H10BrClN2O2S3/c1-6-9(18-10(12)13-6)19(15,16)14(2)4-8-3-7(11)5-17-8/h3,5H,4H2,1-2H3. The number of nitrogens with zero attached hydrogens (tertiary/aromatic N) is 2. The van der Waals surface area contributed by atoms with Crippen molar-refractivity contribution in [2.45, 2.75) is 17.7 Å². The molecule has 19 heavy (non-hydrogen) atoms. The van der Waals surface area contributed by atoms with Crippen molar-refractivity contribution in [2.24, 2.45) is 0 Å². The van der Waals surface area contributed by atoms with Crippen LogP contribution in [0.3, 0.4) is 0 Å². The number of thiophene rings is 1. The van der Waals surface area contributed by atoms with Gasteiger partial charge >= 0.3 is 0 Å². The summed E-state index contributed by atoms with van der Waals surface area (Å²) < 4.78 is 27.5. The summed E-state index contributed by atoms with van der Waals surface area (Å²) in [5.74, 6) is 0. The average molecular weight is 402 g/mol. The highest BCUT2D eigenvalue weighted by Gasteiger charge is 2.26. The lowest BCUT2D eigenvalue weighted by Gasteiger charge is -2.15. The van der Waals surface area contributed by atoms with Gasteiger partial charge in [-0.15, -0.1) is 11.3 Å². The fraction of sp³-hybridized carbons (Fsp3) is 0.300. The molecule has 0 amide bonds. The van der Waals surface area contributed by atoms with Gasteiger partial charge in [0.05, 0.1) is 5.69 Å². The molecular weight excluding hydrogens is 392 g/mol. The topological polar surface area (TPSA) is 50.3 Å². The molecule has 0 aliphatic heterocycles. The molecule has 4 nitrogen and oxygen atoms in total. The fourth-order valence-corrected chi connectivity index (χ4v) is 6.13. The second-order valence-electron chi connectivity index (χ2n) is 3.83. The zero-order chi connectivity index (χ0) is 14.2. The Morgan fingerprint density at radius 1 is 1.53 bits per heavy atom. The predicted molar refractivity (Wildman–Crippen MR) is 82.5 cm³/mol. The number of aromatic nitrogens is 1. The minimum absolute atomic E-state index is 0.204. The lowest BCUT2D eigenvalue weighted by atomic mass is 10.5. The van der Waals surface area contributed by atoms with Gasteiger partial charge in [-0.25, -0.2) is 13.4 Å². The highest BCUT2D eigenvalue weighted by atomic mass is 79.9. The molecule has 2 aromatic rings. The molecule has 2 aromatic heterocycles. The Morgan fingerprint density at radius 2 is 2.21 bits per heavy atom. The molecule has 0 bridgehead atoms. The molecule has 0 N–H and O–H groups in total. The summed E-state index contributed by atoms with van der Waals surface area (Å²) in [4.78, 5) is 4.91. The molecule has 2 rings (SSSR count). The number of aryl methyl sites for hydroxylation is 1. The van der Waals surface area contributed by atoms with E-state index >= 15 is 0 Å². The van der Waals surface area contributed by atoms with Gasteiger partial charge in [-0.3, -0.25) is 0 Å². The van der Waals surface area contributed by atoms with Crippen molar-refractivity contribution >= 4 is 60.2 Å². The van der Waals surface area contributed by atoms with E-state index in [0.717, 1.165) is 20.7 Å². The third-order valence-corrected chi connectivity index (χ3v) is 7.71. The highest BCUT2D eigenvalue weighted by molar-refractivity contribution is 9.10. The Labute approximate surface area is 133 Å². The smallest absolute Gasteiger partial charge is 0.229 e. The SMILES string of the molecule is Cc1nc(Cl)sc1S(=O)(=O)N(C)Cc1cc(Br)cs1. The first-order chi connectivity index (χ1) is 8.80. The zero-order valence-corrected chi connectivity index (χ0v) is 14.8. The summed E-state index contributed by atoms with van der Waals surface area (Å²) in [7, 11) is -1.99. The average Bonchev–Trinajstić information content (AvgIpc) is 2.85. The van der Waals surface area contributed by atoms with Gasteiger partial charge in [0.15, 0.2) is 8.68 Å². The Balaban J connectivity index is 2.27. The molecule has 0 atom stereocenters. The van der Waals surface area contributed by atoms with Crippen molar-refractivity contribution in [1.29, 1.82) is 0 Å².